The fourth-order valence-corrected chi connectivity index (χ4v) is 2.18. The van der Waals surface area contributed by atoms with Gasteiger partial charge in [-0.25, -0.2) is 0 Å². The van der Waals surface area contributed by atoms with Gasteiger partial charge in [-0.1, -0.05) is 39.0 Å². The molecule has 0 saturated heterocycles. The minimum atomic E-state index is 0.475. The smallest absolute Gasteiger partial charge is 0.0340 e. The lowest BCUT2D eigenvalue weighted by atomic mass is 9.85. The average Bonchev–Trinajstić information content (AvgIpc) is 3.05. The van der Waals surface area contributed by atoms with Crippen LogP contribution in [0, 0.1) is 10.8 Å². The second-order valence-electron chi connectivity index (χ2n) is 6.78. The first-order valence-corrected chi connectivity index (χ1v) is 6.78. The summed E-state index contributed by atoms with van der Waals surface area (Å²) in [5.74, 6) is 0. The van der Waals surface area contributed by atoms with Gasteiger partial charge < -0.3 is 5.32 Å². The van der Waals surface area contributed by atoms with Crippen LogP contribution >= 0.6 is 0 Å². The monoisotopic (exact) mass is 231 g/mol. The molecular formula is C16H25N. The SMILES string of the molecule is CC(C)(C)CCC1(CNc2ccccc2)CC1. The molecule has 0 atom stereocenters. The Morgan fingerprint density at radius 3 is 2.29 bits per heavy atom. The number of hydrogen-bond acceptors (Lipinski definition) is 1. The van der Waals surface area contributed by atoms with Crippen LogP contribution in [-0.2, 0) is 0 Å². The number of rotatable bonds is 5. The van der Waals surface area contributed by atoms with Crippen LogP contribution in [-0.4, -0.2) is 6.54 Å². The molecular weight excluding hydrogens is 206 g/mol. The van der Waals surface area contributed by atoms with Gasteiger partial charge in [0.2, 0.25) is 0 Å². The molecule has 94 valence electrons. The van der Waals surface area contributed by atoms with Crippen molar-refractivity contribution in [1.82, 2.24) is 0 Å². The molecule has 1 aliphatic carbocycles. The lowest BCUT2D eigenvalue weighted by molar-refractivity contribution is 0.317. The lowest BCUT2D eigenvalue weighted by Gasteiger charge is -2.23. The molecule has 1 N–H and O–H groups in total. The normalized spacial score (nSPS) is 17.8. The Morgan fingerprint density at radius 1 is 1.12 bits per heavy atom. The van der Waals surface area contributed by atoms with Crippen molar-refractivity contribution in [3.63, 3.8) is 0 Å². The quantitative estimate of drug-likeness (QED) is 0.774. The van der Waals surface area contributed by atoms with E-state index in [0.717, 1.165) is 6.54 Å². The molecule has 17 heavy (non-hydrogen) atoms. The summed E-state index contributed by atoms with van der Waals surface area (Å²) < 4.78 is 0. The van der Waals surface area contributed by atoms with Crippen molar-refractivity contribution < 1.29 is 0 Å². The Hall–Kier alpha value is -0.980. The number of para-hydroxylation sites is 1. The highest BCUT2D eigenvalue weighted by atomic mass is 14.9. The number of nitrogens with one attached hydrogen (secondary N) is 1. The molecule has 1 aromatic rings. The minimum Gasteiger partial charge on any atom is -0.384 e. The Bertz CT molecular complexity index is 344. The van der Waals surface area contributed by atoms with Gasteiger partial charge in [0.05, 0.1) is 0 Å². The molecule has 0 aromatic heterocycles. The van der Waals surface area contributed by atoms with E-state index < -0.39 is 0 Å². The molecule has 0 aliphatic heterocycles. The second kappa shape index (κ2) is 4.72. The van der Waals surface area contributed by atoms with Crippen molar-refractivity contribution in [2.45, 2.75) is 46.5 Å². The summed E-state index contributed by atoms with van der Waals surface area (Å²) in [6.45, 7) is 8.17. The molecule has 1 aromatic carbocycles. The highest BCUT2D eigenvalue weighted by Crippen LogP contribution is 2.51. The Morgan fingerprint density at radius 2 is 1.76 bits per heavy atom. The molecule has 1 heteroatoms. The van der Waals surface area contributed by atoms with E-state index in [0.29, 0.717) is 10.8 Å². The van der Waals surface area contributed by atoms with Crippen LogP contribution in [0.2, 0.25) is 0 Å². The summed E-state index contributed by atoms with van der Waals surface area (Å²) in [7, 11) is 0. The van der Waals surface area contributed by atoms with Gasteiger partial charge >= 0.3 is 0 Å². The van der Waals surface area contributed by atoms with Crippen LogP contribution < -0.4 is 5.32 Å². The third-order valence-corrected chi connectivity index (χ3v) is 3.80. The number of anilines is 1. The molecule has 0 spiro atoms. The molecule has 0 heterocycles. The summed E-state index contributed by atoms with van der Waals surface area (Å²) in [4.78, 5) is 0. The zero-order valence-corrected chi connectivity index (χ0v) is 11.4. The highest BCUT2D eigenvalue weighted by molar-refractivity contribution is 5.42. The van der Waals surface area contributed by atoms with Crippen LogP contribution in [0.4, 0.5) is 5.69 Å². The van der Waals surface area contributed by atoms with E-state index in [-0.39, 0.29) is 0 Å². The highest BCUT2D eigenvalue weighted by Gasteiger charge is 2.42. The van der Waals surface area contributed by atoms with Gasteiger partial charge in [-0.3, -0.25) is 0 Å². The van der Waals surface area contributed by atoms with Crippen molar-refractivity contribution >= 4 is 5.69 Å². The van der Waals surface area contributed by atoms with Gasteiger partial charge in [0.25, 0.3) is 0 Å². The zero-order chi connectivity index (χ0) is 12.4. The molecule has 0 bridgehead atoms. The molecule has 0 radical (unpaired) electrons. The van der Waals surface area contributed by atoms with Gasteiger partial charge in [0, 0.05) is 12.2 Å². The third kappa shape index (κ3) is 4.07. The number of hydrogen-bond donors (Lipinski definition) is 1. The maximum atomic E-state index is 3.58. The molecule has 0 amide bonds. The van der Waals surface area contributed by atoms with Crippen molar-refractivity contribution in [2.24, 2.45) is 10.8 Å². The van der Waals surface area contributed by atoms with E-state index in [1.807, 2.05) is 0 Å². The van der Waals surface area contributed by atoms with E-state index in [4.69, 9.17) is 0 Å². The fourth-order valence-electron chi connectivity index (χ4n) is 2.18. The first kappa shape index (κ1) is 12.5. The van der Waals surface area contributed by atoms with E-state index in [1.54, 1.807) is 0 Å². The zero-order valence-electron chi connectivity index (χ0n) is 11.4. The summed E-state index contributed by atoms with van der Waals surface area (Å²) in [5, 5.41) is 3.58. The van der Waals surface area contributed by atoms with E-state index in [9.17, 15) is 0 Å². The van der Waals surface area contributed by atoms with Crippen LogP contribution in [0.1, 0.15) is 46.5 Å². The van der Waals surface area contributed by atoms with Crippen molar-refractivity contribution in [1.29, 1.82) is 0 Å². The first-order chi connectivity index (χ1) is 7.99. The molecule has 1 nitrogen and oxygen atoms in total. The largest absolute Gasteiger partial charge is 0.384 e. The molecule has 1 fully saturated rings. The predicted molar refractivity (Wildman–Crippen MR) is 75.3 cm³/mol. The number of benzene rings is 1. The minimum absolute atomic E-state index is 0.475. The molecule has 1 saturated carbocycles. The maximum Gasteiger partial charge on any atom is 0.0340 e. The van der Waals surface area contributed by atoms with Crippen LogP contribution in [0.3, 0.4) is 0 Å². The fraction of sp³-hybridized carbons (Fsp3) is 0.625. The maximum absolute atomic E-state index is 3.58. The van der Waals surface area contributed by atoms with E-state index in [2.05, 4.69) is 56.4 Å². The summed E-state index contributed by atoms with van der Waals surface area (Å²) in [5.41, 5.74) is 2.33. The summed E-state index contributed by atoms with van der Waals surface area (Å²) in [6.07, 6.45) is 5.52. The van der Waals surface area contributed by atoms with Crippen LogP contribution in [0.5, 0.6) is 0 Å². The van der Waals surface area contributed by atoms with Gasteiger partial charge in [-0.2, -0.15) is 0 Å². The molecule has 1 aliphatic rings. The van der Waals surface area contributed by atoms with Crippen molar-refractivity contribution in [3.8, 4) is 0 Å². The molecule has 0 unspecified atom stereocenters. The van der Waals surface area contributed by atoms with E-state index >= 15 is 0 Å². The first-order valence-electron chi connectivity index (χ1n) is 6.78. The standard InChI is InChI=1S/C16H25N/c1-15(2,3)9-10-16(11-12-16)13-17-14-7-5-4-6-8-14/h4-8,17H,9-13H2,1-3H3. The Balaban J connectivity index is 1.79. The lowest BCUT2D eigenvalue weighted by Crippen LogP contribution is -2.18. The summed E-state index contributed by atoms with van der Waals surface area (Å²) >= 11 is 0. The van der Waals surface area contributed by atoms with E-state index in [1.165, 1.54) is 31.4 Å². The van der Waals surface area contributed by atoms with Crippen molar-refractivity contribution in [2.75, 3.05) is 11.9 Å². The van der Waals surface area contributed by atoms with Gasteiger partial charge in [0.15, 0.2) is 0 Å². The second-order valence-corrected chi connectivity index (χ2v) is 6.78. The molecule has 2 rings (SSSR count). The average molecular weight is 231 g/mol. The Kier molecular flexibility index (Phi) is 3.46. The predicted octanol–water partition coefficient (Wildman–Crippen LogP) is 4.71. The van der Waals surface area contributed by atoms with Crippen molar-refractivity contribution in [3.05, 3.63) is 30.3 Å². The van der Waals surface area contributed by atoms with Gasteiger partial charge in [-0.15, -0.1) is 0 Å². The van der Waals surface area contributed by atoms with Gasteiger partial charge in [-0.05, 0) is 48.6 Å². The topological polar surface area (TPSA) is 12.0 Å². The van der Waals surface area contributed by atoms with Gasteiger partial charge in [0.1, 0.15) is 0 Å². The Labute approximate surface area is 106 Å². The van der Waals surface area contributed by atoms with Crippen LogP contribution in [0.15, 0.2) is 30.3 Å². The third-order valence-electron chi connectivity index (χ3n) is 3.80. The van der Waals surface area contributed by atoms with Crippen LogP contribution in [0.25, 0.3) is 0 Å². The summed E-state index contributed by atoms with van der Waals surface area (Å²) in [6, 6.07) is 10.6.